The van der Waals surface area contributed by atoms with Crippen molar-refractivity contribution in [3.05, 3.63) is 27.4 Å². The molecule has 0 bridgehead atoms. The van der Waals surface area contributed by atoms with Gasteiger partial charge in [0.05, 0.1) is 23.0 Å². The molecule has 1 aromatic heterocycles. The van der Waals surface area contributed by atoms with Crippen LogP contribution in [0.2, 0.25) is 0 Å². The molecule has 0 aliphatic carbocycles. The maximum Gasteiger partial charge on any atom is 0.574 e. The molecular weight excluding hydrogens is 255 g/mol. The Hall–Kier alpha value is -2.37. The van der Waals surface area contributed by atoms with Crippen molar-refractivity contribution in [2.75, 3.05) is 0 Å². The Labute approximate surface area is 98.8 Å². The molecule has 0 saturated carbocycles. The van der Waals surface area contributed by atoms with Crippen LogP contribution in [0.4, 0.5) is 18.9 Å². The second-order valence-corrected chi connectivity index (χ2v) is 3.21. The van der Waals surface area contributed by atoms with E-state index >= 15 is 0 Å². The summed E-state index contributed by atoms with van der Waals surface area (Å²) in [4.78, 5) is 13.0. The Morgan fingerprint density at radius 3 is 2.67 bits per heavy atom. The fourth-order valence-corrected chi connectivity index (χ4v) is 1.29. The van der Waals surface area contributed by atoms with E-state index in [1.165, 1.54) is 6.92 Å². The summed E-state index contributed by atoms with van der Waals surface area (Å²) < 4.78 is 39.6. The Morgan fingerprint density at radius 1 is 1.61 bits per heavy atom. The van der Waals surface area contributed by atoms with E-state index in [0.717, 1.165) is 6.20 Å². The number of aryl methyl sites for hydroxylation is 1. The Balaban J connectivity index is 3.40. The highest BCUT2D eigenvalue weighted by Crippen LogP contribution is 2.34. The van der Waals surface area contributed by atoms with Crippen LogP contribution >= 0.6 is 0 Å². The van der Waals surface area contributed by atoms with E-state index in [0.29, 0.717) is 0 Å². The summed E-state index contributed by atoms with van der Waals surface area (Å²) in [5.41, 5.74) is -0.830. The zero-order chi connectivity index (χ0) is 13.9. The van der Waals surface area contributed by atoms with Crippen molar-refractivity contribution in [3.8, 4) is 11.9 Å². The van der Waals surface area contributed by atoms with Gasteiger partial charge in [0.15, 0.2) is 0 Å². The Kier molecular flexibility index (Phi) is 3.70. The first kappa shape index (κ1) is 13.7. The lowest BCUT2D eigenvalue weighted by molar-refractivity contribution is -0.389. The SMILES string of the molecule is Cc1cnc(OC(F)(F)F)c([N+](=O)[O-])c1CC#N. The van der Waals surface area contributed by atoms with Gasteiger partial charge in [-0.25, -0.2) is 4.98 Å². The number of hydrogen-bond acceptors (Lipinski definition) is 5. The highest BCUT2D eigenvalue weighted by molar-refractivity contribution is 5.52. The first-order valence-corrected chi connectivity index (χ1v) is 4.52. The van der Waals surface area contributed by atoms with Crippen molar-refractivity contribution in [1.82, 2.24) is 4.98 Å². The van der Waals surface area contributed by atoms with Crippen molar-refractivity contribution in [1.29, 1.82) is 5.26 Å². The summed E-state index contributed by atoms with van der Waals surface area (Å²) in [6, 6.07) is 1.64. The molecule has 0 spiro atoms. The maximum absolute atomic E-state index is 12.1. The van der Waals surface area contributed by atoms with E-state index in [1.54, 1.807) is 6.07 Å². The number of aromatic nitrogens is 1. The molecule has 0 radical (unpaired) electrons. The topological polar surface area (TPSA) is 89.1 Å². The smallest absolute Gasteiger partial charge is 0.381 e. The van der Waals surface area contributed by atoms with Crippen LogP contribution in [-0.2, 0) is 6.42 Å². The van der Waals surface area contributed by atoms with Gasteiger partial charge in [0.25, 0.3) is 0 Å². The lowest BCUT2D eigenvalue weighted by Crippen LogP contribution is -2.19. The molecule has 0 fully saturated rings. The Bertz CT molecular complexity index is 522. The normalized spacial score (nSPS) is 10.8. The minimum atomic E-state index is -5.09. The molecule has 0 atom stereocenters. The predicted octanol–water partition coefficient (Wildman–Crippen LogP) is 2.26. The first-order chi connectivity index (χ1) is 8.26. The van der Waals surface area contributed by atoms with Crippen molar-refractivity contribution in [2.24, 2.45) is 0 Å². The van der Waals surface area contributed by atoms with Crippen molar-refractivity contribution in [2.45, 2.75) is 19.7 Å². The summed E-state index contributed by atoms with van der Waals surface area (Å²) in [5.74, 6) is -1.16. The first-order valence-electron chi connectivity index (χ1n) is 4.52. The van der Waals surface area contributed by atoms with Gasteiger partial charge in [0, 0.05) is 6.20 Å². The number of nitrogens with zero attached hydrogens (tertiary/aromatic N) is 3. The molecule has 6 nitrogen and oxygen atoms in total. The monoisotopic (exact) mass is 261 g/mol. The molecule has 0 aromatic carbocycles. The van der Waals surface area contributed by atoms with E-state index < -0.39 is 29.3 Å². The fourth-order valence-electron chi connectivity index (χ4n) is 1.29. The van der Waals surface area contributed by atoms with Crippen LogP contribution in [-0.4, -0.2) is 16.3 Å². The minimum absolute atomic E-state index is 0.142. The number of halogens is 3. The van der Waals surface area contributed by atoms with Gasteiger partial charge < -0.3 is 4.74 Å². The zero-order valence-electron chi connectivity index (χ0n) is 8.98. The van der Waals surface area contributed by atoms with Crippen molar-refractivity contribution >= 4 is 5.69 Å². The largest absolute Gasteiger partial charge is 0.574 e. The second kappa shape index (κ2) is 4.87. The van der Waals surface area contributed by atoms with E-state index in [-0.39, 0.29) is 11.1 Å². The molecule has 1 rings (SSSR count). The van der Waals surface area contributed by atoms with Gasteiger partial charge in [-0.3, -0.25) is 10.1 Å². The second-order valence-electron chi connectivity index (χ2n) is 3.21. The molecule has 1 heterocycles. The van der Waals surface area contributed by atoms with Gasteiger partial charge in [-0.1, -0.05) is 0 Å². The van der Waals surface area contributed by atoms with Crippen LogP contribution in [0, 0.1) is 28.4 Å². The number of pyridine rings is 1. The van der Waals surface area contributed by atoms with E-state index in [9.17, 15) is 23.3 Å². The quantitative estimate of drug-likeness (QED) is 0.615. The molecular formula is C9H6F3N3O3. The summed E-state index contributed by atoms with van der Waals surface area (Å²) >= 11 is 0. The predicted molar refractivity (Wildman–Crippen MR) is 51.6 cm³/mol. The van der Waals surface area contributed by atoms with Gasteiger partial charge in [-0.2, -0.15) is 5.26 Å². The number of nitro groups is 1. The molecule has 0 aliphatic rings. The van der Waals surface area contributed by atoms with Crippen LogP contribution in [0.1, 0.15) is 11.1 Å². The average molecular weight is 261 g/mol. The van der Waals surface area contributed by atoms with Crippen LogP contribution in [0.25, 0.3) is 0 Å². The van der Waals surface area contributed by atoms with Crippen LogP contribution in [0.5, 0.6) is 5.88 Å². The molecule has 0 unspecified atom stereocenters. The van der Waals surface area contributed by atoms with Crippen molar-refractivity contribution < 1.29 is 22.8 Å². The van der Waals surface area contributed by atoms with Gasteiger partial charge in [-0.05, 0) is 12.5 Å². The van der Waals surface area contributed by atoms with Gasteiger partial charge in [0.1, 0.15) is 0 Å². The molecule has 18 heavy (non-hydrogen) atoms. The molecule has 1 aromatic rings. The van der Waals surface area contributed by atoms with Gasteiger partial charge in [-0.15, -0.1) is 13.2 Å². The number of nitriles is 1. The number of hydrogen-bond donors (Lipinski definition) is 0. The molecule has 0 saturated heterocycles. The molecule has 0 N–H and O–H groups in total. The number of ether oxygens (including phenoxy) is 1. The molecule has 0 aliphatic heterocycles. The lowest BCUT2D eigenvalue weighted by atomic mass is 10.1. The molecule has 9 heteroatoms. The average Bonchev–Trinajstić information content (AvgIpc) is 2.20. The zero-order valence-corrected chi connectivity index (χ0v) is 8.98. The highest BCUT2D eigenvalue weighted by atomic mass is 19.4. The third-order valence-electron chi connectivity index (χ3n) is 1.99. The van der Waals surface area contributed by atoms with Gasteiger partial charge >= 0.3 is 17.9 Å². The molecule has 0 amide bonds. The molecule has 96 valence electrons. The van der Waals surface area contributed by atoms with Crippen LogP contribution < -0.4 is 4.74 Å². The fraction of sp³-hybridized carbons (Fsp3) is 0.333. The van der Waals surface area contributed by atoms with Crippen molar-refractivity contribution in [3.63, 3.8) is 0 Å². The number of alkyl halides is 3. The summed E-state index contributed by atoms with van der Waals surface area (Å²) in [6.07, 6.45) is -4.50. The summed E-state index contributed by atoms with van der Waals surface area (Å²) in [5, 5.41) is 19.3. The van der Waals surface area contributed by atoms with Crippen LogP contribution in [0.3, 0.4) is 0 Å². The third-order valence-corrected chi connectivity index (χ3v) is 1.99. The van der Waals surface area contributed by atoms with Gasteiger partial charge in [0.2, 0.25) is 0 Å². The minimum Gasteiger partial charge on any atom is -0.381 e. The summed E-state index contributed by atoms with van der Waals surface area (Å²) in [6.45, 7) is 1.41. The van der Waals surface area contributed by atoms with E-state index in [4.69, 9.17) is 5.26 Å². The standard InChI is InChI=1S/C9H6F3N3O3/c1-5-4-14-8(18-9(10,11)12)7(15(16)17)6(5)2-3-13/h4H,2H2,1H3. The maximum atomic E-state index is 12.1. The Morgan fingerprint density at radius 2 is 2.22 bits per heavy atom. The van der Waals surface area contributed by atoms with E-state index in [2.05, 4.69) is 9.72 Å². The third kappa shape index (κ3) is 3.07. The highest BCUT2D eigenvalue weighted by Gasteiger charge is 2.37. The number of rotatable bonds is 3. The van der Waals surface area contributed by atoms with Crippen LogP contribution in [0.15, 0.2) is 6.20 Å². The lowest BCUT2D eigenvalue weighted by Gasteiger charge is -2.10. The van der Waals surface area contributed by atoms with E-state index in [1.807, 2.05) is 0 Å². The summed E-state index contributed by atoms with van der Waals surface area (Å²) in [7, 11) is 0.